The van der Waals surface area contributed by atoms with E-state index >= 15 is 0 Å². The van der Waals surface area contributed by atoms with E-state index in [1.807, 2.05) is 26.0 Å². The Kier molecular flexibility index (Phi) is 8.31. The fourth-order valence-electron chi connectivity index (χ4n) is 1.68. The molecule has 0 aliphatic heterocycles. The Labute approximate surface area is 139 Å². The first-order valence-corrected chi connectivity index (χ1v) is 6.60. The van der Waals surface area contributed by atoms with E-state index in [-0.39, 0.29) is 35.9 Å². The normalized spacial score (nSPS) is 12.8. The van der Waals surface area contributed by atoms with Crippen LogP contribution in [-0.4, -0.2) is 12.0 Å². The van der Waals surface area contributed by atoms with Crippen LogP contribution >= 0.6 is 24.0 Å². The van der Waals surface area contributed by atoms with Gasteiger partial charge in [-0.2, -0.15) is 0 Å². The number of benzene rings is 1. The minimum absolute atomic E-state index is 0. The monoisotopic (exact) mass is 385 g/mol. The number of halogens is 1. The highest BCUT2D eigenvalue weighted by Crippen LogP contribution is 2.18. The van der Waals surface area contributed by atoms with Gasteiger partial charge in [0.05, 0.1) is 0 Å². The van der Waals surface area contributed by atoms with Crippen LogP contribution in [0.15, 0.2) is 29.3 Å². The highest BCUT2D eigenvalue weighted by atomic mass is 127. The van der Waals surface area contributed by atoms with Gasteiger partial charge in [-0.25, -0.2) is 4.99 Å². The number of hydrogen-bond donors (Lipinski definition) is 2. The molecule has 0 amide bonds. The van der Waals surface area contributed by atoms with E-state index in [0.717, 1.165) is 5.69 Å². The maximum atomic E-state index is 5.89. The topological polar surface area (TPSA) is 50.4 Å². The molecule has 3 nitrogen and oxygen atoms in total. The van der Waals surface area contributed by atoms with E-state index < -0.39 is 0 Å². The van der Waals surface area contributed by atoms with Gasteiger partial charge in [-0.1, -0.05) is 45.7 Å². The van der Waals surface area contributed by atoms with Gasteiger partial charge in [-0.3, -0.25) is 0 Å². The molecule has 0 aliphatic rings. The summed E-state index contributed by atoms with van der Waals surface area (Å²) in [5.74, 6) is 3.75. The summed E-state index contributed by atoms with van der Waals surface area (Å²) < 4.78 is 0. The first-order chi connectivity index (χ1) is 8.93. The molecule has 0 radical (unpaired) electrons. The molecule has 0 aromatic heterocycles. The van der Waals surface area contributed by atoms with Crippen molar-refractivity contribution in [1.29, 1.82) is 0 Å². The summed E-state index contributed by atoms with van der Waals surface area (Å²) in [4.78, 5) is 4.31. The molecule has 0 bridgehead atoms. The van der Waals surface area contributed by atoms with E-state index in [1.165, 1.54) is 5.56 Å². The van der Waals surface area contributed by atoms with E-state index in [2.05, 4.69) is 42.2 Å². The first kappa shape index (κ1) is 18.8. The summed E-state index contributed by atoms with van der Waals surface area (Å²) in [6.07, 6.45) is 5.44. The number of nitrogens with one attached hydrogen (secondary N) is 1. The smallest absolute Gasteiger partial charge is 0.194 e. The molecule has 0 saturated heterocycles. The van der Waals surface area contributed by atoms with Crippen molar-refractivity contribution in [3.8, 4) is 12.3 Å². The molecule has 1 unspecified atom stereocenters. The zero-order valence-corrected chi connectivity index (χ0v) is 14.9. The Bertz CT molecular complexity index is 487. The van der Waals surface area contributed by atoms with Crippen molar-refractivity contribution >= 4 is 35.6 Å². The second-order valence-corrected chi connectivity index (χ2v) is 5.28. The Balaban J connectivity index is 0.00000361. The average molecular weight is 385 g/mol. The van der Waals surface area contributed by atoms with E-state index in [0.29, 0.717) is 11.9 Å². The first-order valence-electron chi connectivity index (χ1n) is 6.60. The summed E-state index contributed by atoms with van der Waals surface area (Å²) in [5, 5.41) is 3.09. The SMILES string of the molecule is C#CC(N=C(N)Nc1cccc(C(C)C)c1)C(C)C.I. The van der Waals surface area contributed by atoms with Gasteiger partial charge >= 0.3 is 0 Å². The van der Waals surface area contributed by atoms with Crippen LogP contribution in [0.5, 0.6) is 0 Å². The third kappa shape index (κ3) is 5.83. The quantitative estimate of drug-likeness (QED) is 0.358. The number of guanidine groups is 1. The molecule has 20 heavy (non-hydrogen) atoms. The molecule has 0 saturated carbocycles. The zero-order valence-electron chi connectivity index (χ0n) is 12.6. The summed E-state index contributed by atoms with van der Waals surface area (Å²) in [5.41, 5.74) is 8.09. The Morgan fingerprint density at radius 3 is 2.45 bits per heavy atom. The van der Waals surface area contributed by atoms with Crippen LogP contribution in [0.25, 0.3) is 0 Å². The zero-order chi connectivity index (χ0) is 14.4. The van der Waals surface area contributed by atoms with Crippen molar-refractivity contribution in [3.63, 3.8) is 0 Å². The highest BCUT2D eigenvalue weighted by molar-refractivity contribution is 14.0. The summed E-state index contributed by atoms with van der Waals surface area (Å²) in [7, 11) is 0. The summed E-state index contributed by atoms with van der Waals surface area (Å²) in [6, 6.07) is 7.95. The van der Waals surface area contributed by atoms with Crippen molar-refractivity contribution in [2.75, 3.05) is 5.32 Å². The van der Waals surface area contributed by atoms with Gasteiger partial charge in [-0.15, -0.1) is 30.4 Å². The van der Waals surface area contributed by atoms with Crippen molar-refractivity contribution < 1.29 is 0 Å². The maximum absolute atomic E-state index is 5.89. The Morgan fingerprint density at radius 1 is 1.30 bits per heavy atom. The molecule has 0 heterocycles. The second kappa shape index (κ2) is 8.85. The fourth-order valence-corrected chi connectivity index (χ4v) is 1.68. The third-order valence-corrected chi connectivity index (χ3v) is 2.91. The number of aliphatic imine (C=N–C) groups is 1. The van der Waals surface area contributed by atoms with Gasteiger partial charge in [0.1, 0.15) is 6.04 Å². The summed E-state index contributed by atoms with van der Waals surface area (Å²) >= 11 is 0. The van der Waals surface area contributed by atoms with E-state index in [4.69, 9.17) is 12.2 Å². The number of rotatable bonds is 4. The second-order valence-electron chi connectivity index (χ2n) is 5.28. The van der Waals surface area contributed by atoms with Crippen LogP contribution in [0.1, 0.15) is 39.2 Å². The lowest BCUT2D eigenvalue weighted by Crippen LogP contribution is -2.26. The molecule has 1 atom stereocenters. The predicted octanol–water partition coefficient (Wildman–Crippen LogP) is 3.81. The molecular weight excluding hydrogens is 361 g/mol. The highest BCUT2D eigenvalue weighted by Gasteiger charge is 2.09. The lowest BCUT2D eigenvalue weighted by molar-refractivity contribution is 0.586. The molecule has 0 spiro atoms. The van der Waals surface area contributed by atoms with Gasteiger partial charge in [0.2, 0.25) is 0 Å². The number of hydrogen-bond acceptors (Lipinski definition) is 1. The van der Waals surface area contributed by atoms with Crippen LogP contribution < -0.4 is 11.1 Å². The Hall–Kier alpha value is -1.22. The minimum atomic E-state index is -0.194. The molecular formula is C16H24IN3. The number of anilines is 1. The molecule has 1 aromatic carbocycles. The van der Waals surface area contributed by atoms with Crippen molar-refractivity contribution in [1.82, 2.24) is 0 Å². The van der Waals surface area contributed by atoms with E-state index in [1.54, 1.807) is 0 Å². The molecule has 1 rings (SSSR count). The maximum Gasteiger partial charge on any atom is 0.194 e. The molecule has 0 fully saturated rings. The minimum Gasteiger partial charge on any atom is -0.370 e. The van der Waals surface area contributed by atoms with Gasteiger partial charge in [0.15, 0.2) is 5.96 Å². The van der Waals surface area contributed by atoms with Crippen LogP contribution in [0.3, 0.4) is 0 Å². The predicted molar refractivity (Wildman–Crippen MR) is 98.7 cm³/mol. The lowest BCUT2D eigenvalue weighted by Gasteiger charge is -2.13. The molecule has 110 valence electrons. The fraction of sp³-hybridized carbons (Fsp3) is 0.438. The van der Waals surface area contributed by atoms with E-state index in [9.17, 15) is 0 Å². The number of nitrogens with two attached hydrogens (primary N) is 1. The largest absolute Gasteiger partial charge is 0.370 e. The van der Waals surface area contributed by atoms with Crippen molar-refractivity contribution in [2.45, 2.75) is 39.7 Å². The standard InChI is InChI=1S/C16H23N3.HI/c1-6-15(12(4)5)19-16(17)18-14-9-7-8-13(10-14)11(2)3;/h1,7-12,15H,2-5H3,(H3,17,18,19);1H. The third-order valence-electron chi connectivity index (χ3n) is 2.91. The average Bonchev–Trinajstić information content (AvgIpc) is 2.35. The van der Waals surface area contributed by atoms with Crippen LogP contribution in [0.4, 0.5) is 5.69 Å². The van der Waals surface area contributed by atoms with Gasteiger partial charge in [-0.05, 0) is 29.5 Å². The van der Waals surface area contributed by atoms with Crippen LogP contribution in [-0.2, 0) is 0 Å². The van der Waals surface area contributed by atoms with Crippen LogP contribution in [0, 0.1) is 18.3 Å². The number of terminal acetylenes is 1. The van der Waals surface area contributed by atoms with Crippen molar-refractivity contribution in [2.24, 2.45) is 16.6 Å². The van der Waals surface area contributed by atoms with Gasteiger partial charge < -0.3 is 11.1 Å². The van der Waals surface area contributed by atoms with Crippen LogP contribution in [0.2, 0.25) is 0 Å². The number of nitrogens with zero attached hydrogens (tertiary/aromatic N) is 1. The van der Waals surface area contributed by atoms with Gasteiger partial charge in [0.25, 0.3) is 0 Å². The van der Waals surface area contributed by atoms with Crippen molar-refractivity contribution in [3.05, 3.63) is 29.8 Å². The molecule has 4 heteroatoms. The van der Waals surface area contributed by atoms with Gasteiger partial charge in [0, 0.05) is 5.69 Å². The lowest BCUT2D eigenvalue weighted by atomic mass is 10.0. The summed E-state index contributed by atoms with van der Waals surface area (Å²) in [6.45, 7) is 8.37. The molecule has 0 aliphatic carbocycles. The Morgan fingerprint density at radius 2 is 1.95 bits per heavy atom. The molecule has 1 aromatic rings. The molecule has 3 N–H and O–H groups in total.